The van der Waals surface area contributed by atoms with Crippen molar-refractivity contribution in [3.63, 3.8) is 0 Å². The van der Waals surface area contributed by atoms with E-state index < -0.39 is 0 Å². The van der Waals surface area contributed by atoms with Gasteiger partial charge < -0.3 is 5.32 Å². The molecule has 2 rings (SSSR count). The summed E-state index contributed by atoms with van der Waals surface area (Å²) in [6.07, 6.45) is 10.1. The van der Waals surface area contributed by atoms with Gasteiger partial charge in [0.05, 0.1) is 0 Å². The van der Waals surface area contributed by atoms with Gasteiger partial charge in [-0.1, -0.05) is 27.2 Å². The predicted molar refractivity (Wildman–Crippen MR) is 70.5 cm³/mol. The van der Waals surface area contributed by atoms with Gasteiger partial charge in [-0.25, -0.2) is 0 Å². The van der Waals surface area contributed by atoms with Crippen LogP contribution >= 0.6 is 0 Å². The molecular weight excluding hydrogens is 194 g/mol. The molecular formula is C15H29N. The third-order valence-corrected chi connectivity index (χ3v) is 5.01. The van der Waals surface area contributed by atoms with Gasteiger partial charge in [-0.2, -0.15) is 0 Å². The Morgan fingerprint density at radius 3 is 2.12 bits per heavy atom. The lowest BCUT2D eigenvalue weighted by Gasteiger charge is -2.42. The highest BCUT2D eigenvalue weighted by Gasteiger charge is 2.33. The van der Waals surface area contributed by atoms with Crippen molar-refractivity contribution in [2.45, 2.75) is 77.8 Å². The highest BCUT2D eigenvalue weighted by molar-refractivity contribution is 4.89. The largest absolute Gasteiger partial charge is 0.311 e. The molecule has 0 unspecified atom stereocenters. The lowest BCUT2D eigenvalue weighted by molar-refractivity contribution is 0.142. The minimum absolute atomic E-state index is 0.848. The summed E-state index contributed by atoms with van der Waals surface area (Å²) in [6.45, 7) is 7.08. The molecule has 0 aliphatic heterocycles. The zero-order valence-electron chi connectivity index (χ0n) is 11.3. The fourth-order valence-corrected chi connectivity index (χ4v) is 3.41. The SMILES string of the molecule is CCC1CCC(NC2CC(C(C)C)C2)CC1. The summed E-state index contributed by atoms with van der Waals surface area (Å²) in [5, 5.41) is 3.88. The standard InChI is InChI=1S/C15H29N/c1-4-12-5-7-14(8-6-12)16-15-9-13(10-15)11(2)3/h11-16H,4-10H2,1-3H3. The molecule has 0 aromatic heterocycles. The summed E-state index contributed by atoms with van der Waals surface area (Å²) >= 11 is 0. The summed E-state index contributed by atoms with van der Waals surface area (Å²) in [5.74, 6) is 2.93. The molecule has 1 N–H and O–H groups in total. The van der Waals surface area contributed by atoms with E-state index in [9.17, 15) is 0 Å². The van der Waals surface area contributed by atoms with Crippen LogP contribution in [0.25, 0.3) is 0 Å². The van der Waals surface area contributed by atoms with Crippen LogP contribution < -0.4 is 5.32 Å². The van der Waals surface area contributed by atoms with Crippen LogP contribution in [0.5, 0.6) is 0 Å². The lowest BCUT2D eigenvalue weighted by Crippen LogP contribution is -2.48. The molecule has 94 valence electrons. The third kappa shape index (κ3) is 3.00. The van der Waals surface area contributed by atoms with Crippen molar-refractivity contribution >= 4 is 0 Å². The van der Waals surface area contributed by atoms with Crippen molar-refractivity contribution in [1.29, 1.82) is 0 Å². The van der Waals surface area contributed by atoms with E-state index in [0.29, 0.717) is 0 Å². The van der Waals surface area contributed by atoms with Crippen LogP contribution in [0.3, 0.4) is 0 Å². The first kappa shape index (κ1) is 12.4. The summed E-state index contributed by atoms with van der Waals surface area (Å²) < 4.78 is 0. The molecule has 16 heavy (non-hydrogen) atoms. The molecule has 1 nitrogen and oxygen atoms in total. The molecule has 2 aliphatic rings. The van der Waals surface area contributed by atoms with Crippen LogP contribution in [0.2, 0.25) is 0 Å². The Morgan fingerprint density at radius 1 is 1.00 bits per heavy atom. The maximum absolute atomic E-state index is 3.88. The van der Waals surface area contributed by atoms with E-state index in [2.05, 4.69) is 26.1 Å². The average Bonchev–Trinajstić information content (AvgIpc) is 2.23. The number of hydrogen-bond acceptors (Lipinski definition) is 1. The van der Waals surface area contributed by atoms with Crippen molar-refractivity contribution < 1.29 is 0 Å². The molecule has 2 saturated carbocycles. The number of hydrogen-bond donors (Lipinski definition) is 1. The third-order valence-electron chi connectivity index (χ3n) is 5.01. The Balaban J connectivity index is 1.62. The highest BCUT2D eigenvalue weighted by atomic mass is 15.0. The minimum Gasteiger partial charge on any atom is -0.311 e. The first-order valence-corrected chi connectivity index (χ1v) is 7.45. The van der Waals surface area contributed by atoms with Crippen LogP contribution in [0.15, 0.2) is 0 Å². The summed E-state index contributed by atoms with van der Waals surface area (Å²) in [7, 11) is 0. The van der Waals surface area contributed by atoms with E-state index >= 15 is 0 Å². The normalized spacial score (nSPS) is 39.8. The molecule has 2 aliphatic carbocycles. The number of nitrogens with one attached hydrogen (secondary N) is 1. The van der Waals surface area contributed by atoms with Crippen molar-refractivity contribution in [3.05, 3.63) is 0 Å². The monoisotopic (exact) mass is 223 g/mol. The van der Waals surface area contributed by atoms with Gasteiger partial charge in [0.1, 0.15) is 0 Å². The van der Waals surface area contributed by atoms with Gasteiger partial charge in [-0.15, -0.1) is 0 Å². The molecule has 0 bridgehead atoms. The Labute approximate surface area is 101 Å². The maximum atomic E-state index is 3.88. The zero-order chi connectivity index (χ0) is 11.5. The first-order chi connectivity index (χ1) is 7.69. The molecule has 0 spiro atoms. The fourth-order valence-electron chi connectivity index (χ4n) is 3.41. The van der Waals surface area contributed by atoms with Crippen LogP contribution in [-0.4, -0.2) is 12.1 Å². The topological polar surface area (TPSA) is 12.0 Å². The smallest absolute Gasteiger partial charge is 0.00751 e. The molecule has 0 aromatic carbocycles. The molecule has 2 fully saturated rings. The van der Waals surface area contributed by atoms with Crippen LogP contribution in [0.1, 0.15) is 65.7 Å². The highest BCUT2D eigenvalue weighted by Crippen LogP contribution is 2.35. The van der Waals surface area contributed by atoms with Crippen molar-refractivity contribution in [1.82, 2.24) is 5.32 Å². The van der Waals surface area contributed by atoms with Crippen molar-refractivity contribution in [3.8, 4) is 0 Å². The summed E-state index contributed by atoms with van der Waals surface area (Å²) in [6, 6.07) is 1.71. The molecule has 0 aromatic rings. The van der Waals surface area contributed by atoms with Gasteiger partial charge in [0.15, 0.2) is 0 Å². The Bertz CT molecular complexity index is 197. The molecule has 0 amide bonds. The van der Waals surface area contributed by atoms with E-state index in [1.54, 1.807) is 0 Å². The molecule has 0 atom stereocenters. The van der Waals surface area contributed by atoms with Crippen LogP contribution in [-0.2, 0) is 0 Å². The number of rotatable bonds is 4. The zero-order valence-corrected chi connectivity index (χ0v) is 11.3. The molecule has 1 heteroatoms. The van der Waals surface area contributed by atoms with Crippen LogP contribution in [0.4, 0.5) is 0 Å². The minimum atomic E-state index is 0.848. The molecule has 0 heterocycles. The second kappa shape index (κ2) is 5.53. The van der Waals surface area contributed by atoms with Gasteiger partial charge >= 0.3 is 0 Å². The van der Waals surface area contributed by atoms with Crippen LogP contribution in [0, 0.1) is 17.8 Å². The quantitative estimate of drug-likeness (QED) is 0.760. The summed E-state index contributed by atoms with van der Waals surface area (Å²) in [4.78, 5) is 0. The Morgan fingerprint density at radius 2 is 1.62 bits per heavy atom. The van der Waals surface area contributed by atoms with Gasteiger partial charge in [0.2, 0.25) is 0 Å². The van der Waals surface area contributed by atoms with Crippen molar-refractivity contribution in [2.24, 2.45) is 17.8 Å². The Hall–Kier alpha value is -0.0400. The lowest BCUT2D eigenvalue weighted by atomic mass is 9.73. The second-order valence-electron chi connectivity index (χ2n) is 6.46. The van der Waals surface area contributed by atoms with E-state index in [-0.39, 0.29) is 0 Å². The average molecular weight is 223 g/mol. The Kier molecular flexibility index (Phi) is 4.29. The van der Waals surface area contributed by atoms with Gasteiger partial charge in [-0.3, -0.25) is 0 Å². The fraction of sp³-hybridized carbons (Fsp3) is 1.00. The predicted octanol–water partition coefficient (Wildman–Crippen LogP) is 3.98. The van der Waals surface area contributed by atoms with Crippen molar-refractivity contribution in [2.75, 3.05) is 0 Å². The first-order valence-electron chi connectivity index (χ1n) is 7.45. The second-order valence-corrected chi connectivity index (χ2v) is 6.46. The van der Waals surface area contributed by atoms with Gasteiger partial charge in [0.25, 0.3) is 0 Å². The van der Waals surface area contributed by atoms with E-state index in [1.165, 1.54) is 44.9 Å². The van der Waals surface area contributed by atoms with E-state index in [0.717, 1.165) is 29.8 Å². The maximum Gasteiger partial charge on any atom is 0.00751 e. The van der Waals surface area contributed by atoms with Gasteiger partial charge in [0, 0.05) is 12.1 Å². The van der Waals surface area contributed by atoms with E-state index in [4.69, 9.17) is 0 Å². The van der Waals surface area contributed by atoms with Gasteiger partial charge in [-0.05, 0) is 56.3 Å². The van der Waals surface area contributed by atoms with E-state index in [1.807, 2.05) is 0 Å². The molecule has 0 radical (unpaired) electrons. The summed E-state index contributed by atoms with van der Waals surface area (Å²) in [5.41, 5.74) is 0. The molecule has 0 saturated heterocycles.